The smallest absolute Gasteiger partial charge is 0.264 e. The molecular formula is C15H18F3NO3S. The summed E-state index contributed by atoms with van der Waals surface area (Å²) in [6.45, 7) is 2.82. The van der Waals surface area contributed by atoms with Crippen LogP contribution in [0.5, 0.6) is 0 Å². The van der Waals surface area contributed by atoms with Crippen molar-refractivity contribution in [3.05, 3.63) is 29.1 Å². The maximum Gasteiger partial charge on any atom is 0.264 e. The van der Waals surface area contributed by atoms with E-state index in [2.05, 4.69) is 0 Å². The Morgan fingerprint density at radius 3 is 2.35 bits per heavy atom. The van der Waals surface area contributed by atoms with Gasteiger partial charge in [0.15, 0.2) is 0 Å². The second kappa shape index (κ2) is 6.14. The summed E-state index contributed by atoms with van der Waals surface area (Å²) in [5.41, 5.74) is 0.254. The van der Waals surface area contributed by atoms with Crippen molar-refractivity contribution in [2.24, 2.45) is 5.92 Å². The first-order valence-corrected chi connectivity index (χ1v) is 8.71. The minimum atomic E-state index is -4.22. The average molecular weight is 349 g/mol. The maximum absolute atomic E-state index is 13.6. The third kappa shape index (κ3) is 4.04. The number of alkyl halides is 2. The standard InChI is InChI=1S/C15H18F3NO3S/c1-9-6-12(7-10(2)13(9)16)23(21,22)19-14(20)11-4-3-5-15(17,18)8-11/h6-7,11H,3-5,8H2,1-2H3,(H,19,20)/t11-/m1/s1. The number of aryl methyl sites for hydroxylation is 2. The van der Waals surface area contributed by atoms with Crippen molar-refractivity contribution in [3.63, 3.8) is 0 Å². The molecule has 0 radical (unpaired) electrons. The first-order valence-electron chi connectivity index (χ1n) is 7.23. The van der Waals surface area contributed by atoms with E-state index in [1.165, 1.54) is 13.8 Å². The molecule has 0 spiro atoms. The van der Waals surface area contributed by atoms with Gasteiger partial charge < -0.3 is 0 Å². The van der Waals surface area contributed by atoms with Gasteiger partial charge in [0.1, 0.15) is 5.82 Å². The van der Waals surface area contributed by atoms with Gasteiger partial charge in [0.2, 0.25) is 11.8 Å². The molecule has 1 N–H and O–H groups in total. The van der Waals surface area contributed by atoms with Crippen LogP contribution in [-0.4, -0.2) is 20.2 Å². The van der Waals surface area contributed by atoms with Crippen LogP contribution in [0.25, 0.3) is 0 Å². The third-order valence-electron chi connectivity index (χ3n) is 3.97. The summed E-state index contributed by atoms with van der Waals surface area (Å²) in [6.07, 6.45) is -0.561. The van der Waals surface area contributed by atoms with E-state index in [9.17, 15) is 26.4 Å². The molecule has 0 saturated heterocycles. The van der Waals surface area contributed by atoms with Crippen LogP contribution in [-0.2, 0) is 14.8 Å². The zero-order chi connectivity index (χ0) is 17.4. The molecule has 0 heterocycles. The van der Waals surface area contributed by atoms with E-state index in [1.807, 2.05) is 4.72 Å². The predicted molar refractivity (Wildman–Crippen MR) is 78.1 cm³/mol. The molecule has 1 aliphatic rings. The number of nitrogens with one attached hydrogen (secondary N) is 1. The quantitative estimate of drug-likeness (QED) is 0.912. The van der Waals surface area contributed by atoms with E-state index in [0.717, 1.165) is 12.1 Å². The molecule has 1 amide bonds. The molecular weight excluding hydrogens is 331 g/mol. The van der Waals surface area contributed by atoms with Crippen LogP contribution in [0.3, 0.4) is 0 Å². The molecule has 1 atom stereocenters. The molecule has 0 aromatic heterocycles. The third-order valence-corrected chi connectivity index (χ3v) is 5.29. The van der Waals surface area contributed by atoms with Gasteiger partial charge in [-0.15, -0.1) is 0 Å². The average Bonchev–Trinajstić information content (AvgIpc) is 2.42. The first kappa shape index (κ1) is 17.8. The van der Waals surface area contributed by atoms with E-state index in [4.69, 9.17) is 0 Å². The molecule has 2 rings (SSSR count). The number of carbonyl (C=O) groups excluding carboxylic acids is 1. The van der Waals surface area contributed by atoms with Gasteiger partial charge in [0.05, 0.1) is 4.90 Å². The molecule has 0 unspecified atom stereocenters. The maximum atomic E-state index is 13.6. The SMILES string of the molecule is Cc1cc(S(=O)(=O)NC(=O)[C@@H]2CCCC(F)(F)C2)cc(C)c1F. The van der Waals surface area contributed by atoms with Gasteiger partial charge in [-0.1, -0.05) is 0 Å². The number of benzene rings is 1. The number of hydrogen-bond acceptors (Lipinski definition) is 3. The lowest BCUT2D eigenvalue weighted by atomic mass is 9.86. The lowest BCUT2D eigenvalue weighted by Gasteiger charge is -2.27. The Balaban J connectivity index is 2.20. The van der Waals surface area contributed by atoms with Crippen molar-refractivity contribution in [2.75, 3.05) is 0 Å². The highest BCUT2D eigenvalue weighted by Gasteiger charge is 2.40. The van der Waals surface area contributed by atoms with Gasteiger partial charge in [0, 0.05) is 18.8 Å². The molecule has 1 fully saturated rings. The van der Waals surface area contributed by atoms with E-state index in [1.54, 1.807) is 0 Å². The van der Waals surface area contributed by atoms with Gasteiger partial charge in [-0.3, -0.25) is 4.79 Å². The molecule has 8 heteroatoms. The highest BCUT2D eigenvalue weighted by molar-refractivity contribution is 7.90. The van der Waals surface area contributed by atoms with Crippen LogP contribution >= 0.6 is 0 Å². The molecule has 1 saturated carbocycles. The van der Waals surface area contributed by atoms with Crippen LogP contribution < -0.4 is 4.72 Å². The number of hydrogen-bond donors (Lipinski definition) is 1. The zero-order valence-corrected chi connectivity index (χ0v) is 13.6. The topological polar surface area (TPSA) is 63.2 Å². The largest absolute Gasteiger partial charge is 0.274 e. The predicted octanol–water partition coefficient (Wildman–Crippen LogP) is 3.07. The summed E-state index contributed by atoms with van der Waals surface area (Å²) in [5.74, 6) is -5.46. The zero-order valence-electron chi connectivity index (χ0n) is 12.8. The summed E-state index contributed by atoms with van der Waals surface area (Å²) < 4.78 is 66.5. The van der Waals surface area contributed by atoms with Gasteiger partial charge in [0.25, 0.3) is 10.0 Å². The summed E-state index contributed by atoms with van der Waals surface area (Å²) in [7, 11) is -4.22. The number of halogens is 3. The fraction of sp³-hybridized carbons (Fsp3) is 0.533. The highest BCUT2D eigenvalue weighted by Crippen LogP contribution is 2.36. The number of amides is 1. The summed E-state index contributed by atoms with van der Waals surface area (Å²) in [6, 6.07) is 2.21. The summed E-state index contributed by atoms with van der Waals surface area (Å²) >= 11 is 0. The molecule has 23 heavy (non-hydrogen) atoms. The van der Waals surface area contributed by atoms with E-state index < -0.39 is 40.0 Å². The second-order valence-corrected chi connectivity index (χ2v) is 7.67. The molecule has 1 aliphatic carbocycles. The van der Waals surface area contributed by atoms with Crippen molar-refractivity contribution < 1.29 is 26.4 Å². The Morgan fingerprint density at radius 1 is 1.26 bits per heavy atom. The Morgan fingerprint density at radius 2 is 1.83 bits per heavy atom. The van der Waals surface area contributed by atoms with Crippen molar-refractivity contribution in [3.8, 4) is 0 Å². The van der Waals surface area contributed by atoms with Gasteiger partial charge in [-0.25, -0.2) is 26.3 Å². The molecule has 4 nitrogen and oxygen atoms in total. The Labute approximate surface area is 133 Å². The minimum absolute atomic E-state index is 0.127. The highest BCUT2D eigenvalue weighted by atomic mass is 32.2. The number of carbonyl (C=O) groups is 1. The van der Waals surface area contributed by atoms with Gasteiger partial charge >= 0.3 is 0 Å². The van der Waals surface area contributed by atoms with Gasteiger partial charge in [-0.05, 0) is 49.9 Å². The van der Waals surface area contributed by atoms with Crippen LogP contribution in [0, 0.1) is 25.6 Å². The van der Waals surface area contributed by atoms with Gasteiger partial charge in [-0.2, -0.15) is 0 Å². The normalized spacial score (nSPS) is 21.0. The Kier molecular flexibility index (Phi) is 4.75. The summed E-state index contributed by atoms with van der Waals surface area (Å²) in [5, 5.41) is 0. The molecule has 0 aliphatic heterocycles. The van der Waals surface area contributed by atoms with Crippen LogP contribution in [0.4, 0.5) is 13.2 Å². The minimum Gasteiger partial charge on any atom is -0.274 e. The summed E-state index contributed by atoms with van der Waals surface area (Å²) in [4.78, 5) is 11.8. The van der Waals surface area contributed by atoms with Crippen molar-refractivity contribution in [1.29, 1.82) is 0 Å². The molecule has 1 aromatic rings. The number of rotatable bonds is 3. The monoisotopic (exact) mass is 349 g/mol. The Bertz CT molecular complexity index is 708. The molecule has 128 valence electrons. The lowest BCUT2D eigenvalue weighted by Crippen LogP contribution is -2.40. The fourth-order valence-corrected chi connectivity index (χ4v) is 3.94. The van der Waals surface area contributed by atoms with Crippen molar-refractivity contribution in [2.45, 2.75) is 50.3 Å². The Hall–Kier alpha value is -1.57. The van der Waals surface area contributed by atoms with E-state index in [-0.39, 0.29) is 35.3 Å². The second-order valence-electron chi connectivity index (χ2n) is 5.99. The van der Waals surface area contributed by atoms with Crippen molar-refractivity contribution in [1.82, 2.24) is 4.72 Å². The lowest BCUT2D eigenvalue weighted by molar-refractivity contribution is -0.130. The fourth-order valence-electron chi connectivity index (χ4n) is 2.73. The number of sulfonamides is 1. The molecule has 0 bridgehead atoms. The van der Waals surface area contributed by atoms with Crippen molar-refractivity contribution >= 4 is 15.9 Å². The molecule has 1 aromatic carbocycles. The first-order chi connectivity index (χ1) is 10.5. The van der Waals surface area contributed by atoms with Crippen LogP contribution in [0.2, 0.25) is 0 Å². The van der Waals surface area contributed by atoms with E-state index >= 15 is 0 Å². The van der Waals surface area contributed by atoms with E-state index in [0.29, 0.717) is 0 Å². The van der Waals surface area contributed by atoms with Crippen LogP contribution in [0.1, 0.15) is 36.8 Å². The van der Waals surface area contributed by atoms with Crippen LogP contribution in [0.15, 0.2) is 17.0 Å².